The van der Waals surface area contributed by atoms with Crippen LogP contribution in [0, 0.1) is 27.7 Å². The molecule has 1 atom stereocenters. The van der Waals surface area contributed by atoms with E-state index >= 15 is 0 Å². The Morgan fingerprint density at radius 1 is 0.833 bits per heavy atom. The van der Waals surface area contributed by atoms with E-state index in [4.69, 9.17) is 39.7 Å². The Hall–Kier alpha value is -2.76. The maximum atomic E-state index is 11.4. The monoisotopic (exact) mass is 510 g/mol. The maximum Gasteiger partial charge on any atom is 0.365 e. The van der Waals surface area contributed by atoms with E-state index in [1.807, 2.05) is 13.0 Å². The number of carbonyl (C=O) groups excluding carboxylic acids is 2. The zero-order valence-electron chi connectivity index (χ0n) is 21.0. The number of carbonyl (C=O) groups is 2. The van der Waals surface area contributed by atoms with E-state index in [1.165, 1.54) is 0 Å². The van der Waals surface area contributed by atoms with E-state index in [0.717, 1.165) is 18.6 Å². The van der Waals surface area contributed by atoms with Gasteiger partial charge in [-0.2, -0.15) is 0 Å². The van der Waals surface area contributed by atoms with Gasteiger partial charge < -0.3 is 9.47 Å². The third-order valence-corrected chi connectivity index (χ3v) is 3.00. The van der Waals surface area contributed by atoms with Gasteiger partial charge in [0.2, 0.25) is 0 Å². The van der Waals surface area contributed by atoms with Gasteiger partial charge in [0.1, 0.15) is 5.75 Å². The van der Waals surface area contributed by atoms with Crippen molar-refractivity contribution < 1.29 is 49.3 Å². The van der Waals surface area contributed by atoms with Gasteiger partial charge in [-0.3, -0.25) is 4.89 Å². The van der Waals surface area contributed by atoms with E-state index in [9.17, 15) is 9.59 Å². The number of benzene rings is 1. The molecule has 10 nitrogen and oxygen atoms in total. The second kappa shape index (κ2) is 32.2. The molecule has 0 aliphatic rings. The summed E-state index contributed by atoms with van der Waals surface area (Å²) in [6, 6.07) is 8.83. The number of rotatable bonds is 11. The van der Waals surface area contributed by atoms with Crippen LogP contribution in [-0.2, 0) is 44.5 Å². The summed E-state index contributed by atoms with van der Waals surface area (Å²) in [7, 11) is 0. The van der Waals surface area contributed by atoms with E-state index in [0.29, 0.717) is 18.6 Å². The van der Waals surface area contributed by atoms with Gasteiger partial charge >= 0.3 is 11.9 Å². The van der Waals surface area contributed by atoms with E-state index < -0.39 is 17.7 Å². The van der Waals surface area contributed by atoms with Crippen molar-refractivity contribution in [1.82, 2.24) is 0 Å². The first-order chi connectivity index (χ1) is 17.2. The smallest absolute Gasteiger partial charge is 0.365 e. The lowest BCUT2D eigenvalue weighted by molar-refractivity contribution is -0.390. The standard InChI is InChI=1S/C18H22O6.4C2H4O/c1-4-7-13-18(14-21-16(19)5-2,24-23-17(20)6-3)22-15-11-9-8-10-12-15;4*1-2-3/h5-6,8-12H,2-4,7,13-14H2,1H3;4*1-2H2. The molecule has 8 radical (unpaired) electrons. The molecule has 0 heterocycles. The molecular weight excluding hydrogens is 472 g/mol. The summed E-state index contributed by atoms with van der Waals surface area (Å²) in [5, 5.41) is 35.3. The average molecular weight is 511 g/mol. The molecule has 0 fully saturated rings. The minimum Gasteiger partial charge on any atom is -0.455 e. The van der Waals surface area contributed by atoms with Crippen molar-refractivity contribution >= 4 is 11.9 Å². The largest absolute Gasteiger partial charge is 0.455 e. The van der Waals surface area contributed by atoms with Crippen molar-refractivity contribution in [3.05, 3.63) is 83.3 Å². The van der Waals surface area contributed by atoms with Gasteiger partial charge in [0, 0.05) is 18.6 Å². The fourth-order valence-electron chi connectivity index (χ4n) is 1.78. The van der Waals surface area contributed by atoms with Crippen LogP contribution in [-0.4, -0.2) is 50.8 Å². The van der Waals surface area contributed by atoms with Crippen LogP contribution >= 0.6 is 0 Å². The van der Waals surface area contributed by atoms with Crippen molar-refractivity contribution in [2.75, 3.05) is 33.0 Å². The Morgan fingerprint density at radius 3 is 1.67 bits per heavy atom. The van der Waals surface area contributed by atoms with Gasteiger partial charge in [0.05, 0.1) is 26.4 Å². The van der Waals surface area contributed by atoms with Gasteiger partial charge in [-0.15, -0.1) is 4.89 Å². The second-order valence-electron chi connectivity index (χ2n) is 5.75. The van der Waals surface area contributed by atoms with Crippen LogP contribution in [0.5, 0.6) is 5.75 Å². The number of unbranched alkanes of at least 4 members (excludes halogenated alkanes) is 1. The lowest BCUT2D eigenvalue weighted by Crippen LogP contribution is -2.45. The molecule has 0 spiro atoms. The number of hydrogen-bond donors (Lipinski definition) is 0. The van der Waals surface area contributed by atoms with E-state index in [1.54, 1.807) is 24.3 Å². The summed E-state index contributed by atoms with van der Waals surface area (Å²) in [6.45, 7) is 19.1. The topological polar surface area (TPSA) is 151 Å². The Labute approximate surface area is 215 Å². The fraction of sp³-hybridized carbons (Fsp3) is 0.385. The van der Waals surface area contributed by atoms with Gasteiger partial charge in [0.25, 0.3) is 5.79 Å². The van der Waals surface area contributed by atoms with Gasteiger partial charge in [-0.1, -0.05) is 44.7 Å². The van der Waals surface area contributed by atoms with Crippen molar-refractivity contribution in [2.24, 2.45) is 0 Å². The molecular formula is C26H38O10. The Kier molecular flexibility index (Phi) is 36.2. The number of para-hydroxylation sites is 1. The molecule has 10 heteroatoms. The van der Waals surface area contributed by atoms with Crippen LogP contribution in [0.4, 0.5) is 0 Å². The molecule has 1 unspecified atom stereocenters. The zero-order chi connectivity index (χ0) is 28.7. The fourth-order valence-corrected chi connectivity index (χ4v) is 1.78. The Morgan fingerprint density at radius 2 is 1.28 bits per heavy atom. The average Bonchev–Trinajstić information content (AvgIpc) is 2.87. The molecule has 36 heavy (non-hydrogen) atoms. The highest BCUT2D eigenvalue weighted by Crippen LogP contribution is 2.26. The lowest BCUT2D eigenvalue weighted by Gasteiger charge is -2.31. The molecule has 0 amide bonds. The molecule has 0 bridgehead atoms. The highest BCUT2D eigenvalue weighted by Gasteiger charge is 2.38. The molecule has 202 valence electrons. The third kappa shape index (κ3) is 29.3. The van der Waals surface area contributed by atoms with Crippen LogP contribution in [0.15, 0.2) is 55.6 Å². The van der Waals surface area contributed by atoms with Crippen LogP contribution in [0.2, 0.25) is 0 Å². The molecule has 0 aliphatic carbocycles. The molecule has 0 aromatic heterocycles. The molecule has 1 aromatic rings. The first-order valence-electron chi connectivity index (χ1n) is 10.8. The van der Waals surface area contributed by atoms with Crippen LogP contribution < -0.4 is 4.74 Å². The van der Waals surface area contributed by atoms with Crippen molar-refractivity contribution in [1.29, 1.82) is 0 Å². The van der Waals surface area contributed by atoms with Crippen molar-refractivity contribution in [3.8, 4) is 5.75 Å². The number of hydrogen-bond acceptors (Lipinski definition) is 6. The summed E-state index contributed by atoms with van der Waals surface area (Å²) < 4.78 is 10.9. The second-order valence-corrected chi connectivity index (χ2v) is 5.75. The molecule has 0 saturated carbocycles. The van der Waals surface area contributed by atoms with Crippen LogP contribution in [0.3, 0.4) is 0 Å². The molecule has 0 N–H and O–H groups in total. The SMILES string of the molecule is C=CC(=O)OCC(CCCC)(OOC(=O)C=C)Oc1ccccc1.[CH2]C[O].[CH2]C[O].[CH2]C[O].[CH2]C[O]. The predicted molar refractivity (Wildman–Crippen MR) is 131 cm³/mol. The van der Waals surface area contributed by atoms with Gasteiger partial charge in [0.15, 0.2) is 6.61 Å². The maximum absolute atomic E-state index is 11.4. The minimum absolute atomic E-state index is 0.250. The highest BCUT2D eigenvalue weighted by atomic mass is 17.2. The van der Waals surface area contributed by atoms with E-state index in [2.05, 4.69) is 40.9 Å². The van der Waals surface area contributed by atoms with Crippen molar-refractivity contribution in [3.63, 3.8) is 0 Å². The van der Waals surface area contributed by atoms with Crippen LogP contribution in [0.1, 0.15) is 26.2 Å². The normalized spacial score (nSPS) is 10.4. The summed E-state index contributed by atoms with van der Waals surface area (Å²) in [6.07, 6.45) is 3.87. The predicted octanol–water partition coefficient (Wildman–Crippen LogP) is 4.35. The molecule has 1 aromatic carbocycles. The zero-order valence-corrected chi connectivity index (χ0v) is 21.0. The summed E-state index contributed by atoms with van der Waals surface area (Å²) >= 11 is 0. The third-order valence-electron chi connectivity index (χ3n) is 3.00. The number of esters is 1. The summed E-state index contributed by atoms with van der Waals surface area (Å²) in [4.78, 5) is 32.7. The van der Waals surface area contributed by atoms with Crippen molar-refractivity contribution in [2.45, 2.75) is 32.0 Å². The molecule has 1 rings (SSSR count). The summed E-state index contributed by atoms with van der Waals surface area (Å²) in [5.74, 6) is -2.39. The Balaban J connectivity index is -0.000000359. The van der Waals surface area contributed by atoms with Gasteiger partial charge in [-0.05, 0) is 46.2 Å². The minimum atomic E-state index is -1.46. The van der Waals surface area contributed by atoms with Crippen LogP contribution in [0.25, 0.3) is 0 Å². The van der Waals surface area contributed by atoms with Gasteiger partial charge in [-0.25, -0.2) is 30.0 Å². The van der Waals surface area contributed by atoms with E-state index in [-0.39, 0.29) is 33.0 Å². The highest BCUT2D eigenvalue weighted by molar-refractivity contribution is 5.81. The molecule has 0 saturated heterocycles. The lowest BCUT2D eigenvalue weighted by atomic mass is 10.1. The summed E-state index contributed by atoms with van der Waals surface area (Å²) in [5.41, 5.74) is 0. The number of ether oxygens (including phenoxy) is 2. The quantitative estimate of drug-likeness (QED) is 0.142. The molecule has 0 aliphatic heterocycles. The Bertz CT molecular complexity index is 588. The first-order valence-corrected chi connectivity index (χ1v) is 10.8. The first kappa shape index (κ1) is 40.4.